The van der Waals surface area contributed by atoms with E-state index in [9.17, 15) is 0 Å². The number of aryl methyl sites for hydroxylation is 1. The lowest BCUT2D eigenvalue weighted by atomic mass is 10.1. The second kappa shape index (κ2) is 5.62. The maximum absolute atomic E-state index is 8.65. The highest BCUT2D eigenvalue weighted by molar-refractivity contribution is 6.32. The third-order valence-electron chi connectivity index (χ3n) is 2.50. The van der Waals surface area contributed by atoms with Gasteiger partial charge in [-0.05, 0) is 36.6 Å². The van der Waals surface area contributed by atoms with E-state index in [0.717, 1.165) is 17.5 Å². The van der Waals surface area contributed by atoms with E-state index < -0.39 is 0 Å². The minimum absolute atomic E-state index is 0.614. The first-order valence-electron chi connectivity index (χ1n) is 5.02. The van der Waals surface area contributed by atoms with Gasteiger partial charge in [0, 0.05) is 13.6 Å². The molecule has 0 fully saturated rings. The third-order valence-corrected chi connectivity index (χ3v) is 2.79. The van der Waals surface area contributed by atoms with Crippen LogP contribution in [-0.4, -0.2) is 25.6 Å². The Balaban J connectivity index is 2.82. The van der Waals surface area contributed by atoms with Gasteiger partial charge in [0.15, 0.2) is 6.19 Å². The van der Waals surface area contributed by atoms with Crippen molar-refractivity contribution in [2.75, 3.05) is 20.7 Å². The second-order valence-corrected chi connectivity index (χ2v) is 4.09. The first-order chi connectivity index (χ1) is 7.58. The number of halogens is 1. The van der Waals surface area contributed by atoms with Crippen LogP contribution >= 0.6 is 11.6 Å². The van der Waals surface area contributed by atoms with Gasteiger partial charge in [-0.25, -0.2) is 0 Å². The van der Waals surface area contributed by atoms with Crippen molar-refractivity contribution in [2.24, 2.45) is 0 Å². The number of rotatable bonds is 4. The van der Waals surface area contributed by atoms with Gasteiger partial charge in [0.25, 0.3) is 0 Å². The molecule has 0 aromatic heterocycles. The summed E-state index contributed by atoms with van der Waals surface area (Å²) in [6.07, 6.45) is 2.87. The molecule has 0 amide bonds. The molecule has 3 nitrogen and oxygen atoms in total. The number of likely N-dealkylation sites (N-methyl/N-ethyl adjacent to an activating group) is 1. The lowest BCUT2D eigenvalue weighted by molar-refractivity contribution is 0.414. The monoisotopic (exact) mass is 238 g/mol. The van der Waals surface area contributed by atoms with Crippen LogP contribution in [0, 0.1) is 18.4 Å². The minimum atomic E-state index is 0.614. The molecule has 4 heteroatoms. The molecule has 1 rings (SSSR count). The molecule has 1 aromatic rings. The van der Waals surface area contributed by atoms with Crippen molar-refractivity contribution in [3.05, 3.63) is 28.3 Å². The predicted octanol–water partition coefficient (Wildman–Crippen LogP) is 2.61. The summed E-state index contributed by atoms with van der Waals surface area (Å²) < 4.78 is 5.13. The van der Waals surface area contributed by atoms with E-state index in [1.165, 1.54) is 0 Å². The molecular formula is C12H15ClN2O. The lowest BCUT2D eigenvalue weighted by Crippen LogP contribution is -2.15. The fraction of sp³-hybridized carbons (Fsp3) is 0.417. The van der Waals surface area contributed by atoms with Crippen LogP contribution in [-0.2, 0) is 6.42 Å². The Bertz CT molecular complexity index is 412. The Kier molecular flexibility index (Phi) is 4.45. The maximum Gasteiger partial charge on any atom is 0.179 e. The Hall–Kier alpha value is -1.40. The number of benzene rings is 1. The first-order valence-corrected chi connectivity index (χ1v) is 5.40. The van der Waals surface area contributed by atoms with Crippen molar-refractivity contribution in [3.63, 3.8) is 0 Å². The number of ether oxygens (including phenoxy) is 1. The summed E-state index contributed by atoms with van der Waals surface area (Å²) >= 11 is 6.05. The van der Waals surface area contributed by atoms with Crippen molar-refractivity contribution in [1.82, 2.24) is 4.90 Å². The molecule has 0 unspecified atom stereocenters. The quantitative estimate of drug-likeness (QED) is 0.598. The van der Waals surface area contributed by atoms with E-state index in [1.54, 1.807) is 19.1 Å². The zero-order valence-corrected chi connectivity index (χ0v) is 10.5. The third kappa shape index (κ3) is 3.04. The van der Waals surface area contributed by atoms with Crippen molar-refractivity contribution in [3.8, 4) is 11.9 Å². The predicted molar refractivity (Wildman–Crippen MR) is 64.7 cm³/mol. The zero-order valence-electron chi connectivity index (χ0n) is 9.75. The van der Waals surface area contributed by atoms with Gasteiger partial charge in [-0.2, -0.15) is 5.26 Å². The molecule has 0 aliphatic rings. The Morgan fingerprint density at radius 2 is 2.19 bits per heavy atom. The molecule has 0 heterocycles. The van der Waals surface area contributed by atoms with Gasteiger partial charge >= 0.3 is 0 Å². The number of hydrogen-bond donors (Lipinski definition) is 0. The molecule has 1 aromatic carbocycles. The van der Waals surface area contributed by atoms with Crippen LogP contribution in [0.4, 0.5) is 0 Å². The van der Waals surface area contributed by atoms with Gasteiger partial charge in [-0.1, -0.05) is 11.6 Å². The Morgan fingerprint density at radius 1 is 1.50 bits per heavy atom. The van der Waals surface area contributed by atoms with E-state index in [1.807, 2.05) is 19.1 Å². The highest BCUT2D eigenvalue weighted by Crippen LogP contribution is 2.28. The first kappa shape index (κ1) is 12.7. The molecule has 0 aliphatic heterocycles. The average Bonchev–Trinajstić information content (AvgIpc) is 2.29. The molecule has 86 valence electrons. The average molecular weight is 239 g/mol. The van der Waals surface area contributed by atoms with Crippen LogP contribution in [0.15, 0.2) is 12.1 Å². The van der Waals surface area contributed by atoms with Crippen molar-refractivity contribution < 1.29 is 4.74 Å². The lowest BCUT2D eigenvalue weighted by Gasteiger charge is -2.12. The smallest absolute Gasteiger partial charge is 0.179 e. The molecule has 0 saturated heterocycles. The van der Waals surface area contributed by atoms with Gasteiger partial charge in [0.1, 0.15) is 5.75 Å². The molecule has 16 heavy (non-hydrogen) atoms. The highest BCUT2D eigenvalue weighted by atomic mass is 35.5. The van der Waals surface area contributed by atoms with Gasteiger partial charge in [-0.3, -0.25) is 0 Å². The maximum atomic E-state index is 8.65. The Labute approximate surface area is 101 Å². The van der Waals surface area contributed by atoms with Gasteiger partial charge in [0.05, 0.1) is 12.1 Å². The van der Waals surface area contributed by atoms with Gasteiger partial charge in [0.2, 0.25) is 0 Å². The molecule has 0 atom stereocenters. The van der Waals surface area contributed by atoms with Crippen LogP contribution < -0.4 is 4.74 Å². The number of hydrogen-bond acceptors (Lipinski definition) is 3. The van der Waals surface area contributed by atoms with Crippen LogP contribution in [0.1, 0.15) is 11.1 Å². The fourth-order valence-corrected chi connectivity index (χ4v) is 1.72. The Morgan fingerprint density at radius 3 is 2.75 bits per heavy atom. The summed E-state index contributed by atoms with van der Waals surface area (Å²) in [6.45, 7) is 2.71. The molecular weight excluding hydrogens is 224 g/mol. The summed E-state index contributed by atoms with van der Waals surface area (Å²) in [5.41, 5.74) is 2.28. The topological polar surface area (TPSA) is 36.3 Å². The standard InChI is InChI=1S/C12H15ClN2O/c1-9-6-12(16-3)11(13)7-10(9)4-5-15(2)8-14/h6-7H,4-5H2,1-3H3. The van der Waals surface area contributed by atoms with Crippen LogP contribution in [0.5, 0.6) is 5.75 Å². The van der Waals surface area contributed by atoms with E-state index in [0.29, 0.717) is 17.3 Å². The van der Waals surface area contributed by atoms with E-state index in [4.69, 9.17) is 21.6 Å². The zero-order chi connectivity index (χ0) is 12.1. The van der Waals surface area contributed by atoms with Crippen LogP contribution in [0.3, 0.4) is 0 Å². The molecule has 0 aliphatic carbocycles. The van der Waals surface area contributed by atoms with Crippen molar-refractivity contribution in [2.45, 2.75) is 13.3 Å². The van der Waals surface area contributed by atoms with Gasteiger partial charge < -0.3 is 9.64 Å². The SMILES string of the molecule is COc1cc(C)c(CCN(C)C#N)cc1Cl. The van der Waals surface area contributed by atoms with E-state index >= 15 is 0 Å². The summed E-state index contributed by atoms with van der Waals surface area (Å²) in [5.74, 6) is 0.691. The number of methoxy groups -OCH3 is 1. The number of nitriles is 1. The normalized spacial score (nSPS) is 9.69. The molecule has 0 bridgehead atoms. The fourth-order valence-electron chi connectivity index (χ4n) is 1.46. The molecule has 0 spiro atoms. The molecule has 0 N–H and O–H groups in total. The summed E-state index contributed by atoms with van der Waals surface area (Å²) in [7, 11) is 3.37. The largest absolute Gasteiger partial charge is 0.495 e. The van der Waals surface area contributed by atoms with Crippen LogP contribution in [0.2, 0.25) is 5.02 Å². The second-order valence-electron chi connectivity index (χ2n) is 3.68. The highest BCUT2D eigenvalue weighted by Gasteiger charge is 2.06. The minimum Gasteiger partial charge on any atom is -0.495 e. The van der Waals surface area contributed by atoms with Gasteiger partial charge in [-0.15, -0.1) is 0 Å². The van der Waals surface area contributed by atoms with Crippen LogP contribution in [0.25, 0.3) is 0 Å². The summed E-state index contributed by atoms with van der Waals surface area (Å²) in [4.78, 5) is 1.59. The van der Waals surface area contributed by atoms with E-state index in [2.05, 4.69) is 6.19 Å². The summed E-state index contributed by atoms with van der Waals surface area (Å²) in [5, 5.41) is 9.26. The summed E-state index contributed by atoms with van der Waals surface area (Å²) in [6, 6.07) is 3.82. The molecule has 0 radical (unpaired) electrons. The van der Waals surface area contributed by atoms with E-state index in [-0.39, 0.29) is 0 Å². The molecule has 0 saturated carbocycles. The van der Waals surface area contributed by atoms with Crippen molar-refractivity contribution in [1.29, 1.82) is 5.26 Å². The van der Waals surface area contributed by atoms with Crippen molar-refractivity contribution >= 4 is 11.6 Å². The number of nitrogens with zero attached hydrogens (tertiary/aromatic N) is 2.